The van der Waals surface area contributed by atoms with E-state index in [1.165, 1.54) is 7.11 Å². The standard InChI is InChI=1S/C11H11N3O4/c1-6-3-4-8(18-2)7(5-6)14-11(17)12-9(13-14)10(15)16/h3-5H,1-2H3,(H,15,16)(H,12,13,17). The Bertz CT molecular complexity index is 657. The molecular formula is C11H11N3O4. The predicted octanol–water partition coefficient (Wildman–Crippen LogP) is 0.576. The maximum atomic E-state index is 11.7. The van der Waals surface area contributed by atoms with E-state index in [-0.39, 0.29) is 0 Å². The lowest BCUT2D eigenvalue weighted by molar-refractivity contribution is 0.0683. The van der Waals surface area contributed by atoms with Crippen LogP contribution in [0.1, 0.15) is 16.2 Å². The molecule has 1 aromatic carbocycles. The lowest BCUT2D eigenvalue weighted by Crippen LogP contribution is -2.16. The van der Waals surface area contributed by atoms with Crippen LogP contribution in [0.5, 0.6) is 5.75 Å². The Morgan fingerprint density at radius 1 is 1.50 bits per heavy atom. The highest BCUT2D eigenvalue weighted by molar-refractivity contribution is 5.82. The van der Waals surface area contributed by atoms with Crippen molar-refractivity contribution < 1.29 is 14.6 Å². The number of carboxylic acid groups (broad SMARTS) is 1. The number of aromatic nitrogens is 3. The van der Waals surface area contributed by atoms with Crippen LogP contribution in [-0.2, 0) is 0 Å². The van der Waals surface area contributed by atoms with E-state index < -0.39 is 17.5 Å². The summed E-state index contributed by atoms with van der Waals surface area (Å²) in [7, 11) is 1.46. The molecule has 7 nitrogen and oxygen atoms in total. The molecule has 2 rings (SSSR count). The third-order valence-corrected chi connectivity index (χ3v) is 2.38. The number of carbonyl (C=O) groups is 1. The minimum absolute atomic E-state index is 0.395. The largest absolute Gasteiger partial charge is 0.494 e. The first-order valence-corrected chi connectivity index (χ1v) is 5.10. The Morgan fingerprint density at radius 2 is 2.22 bits per heavy atom. The average Bonchev–Trinajstić information content (AvgIpc) is 2.71. The van der Waals surface area contributed by atoms with Crippen molar-refractivity contribution in [1.82, 2.24) is 14.8 Å². The second-order valence-corrected chi connectivity index (χ2v) is 3.67. The number of hydrogen-bond acceptors (Lipinski definition) is 4. The number of aryl methyl sites for hydroxylation is 1. The fraction of sp³-hybridized carbons (Fsp3) is 0.182. The van der Waals surface area contributed by atoms with E-state index in [0.29, 0.717) is 11.4 Å². The number of aromatic carboxylic acids is 1. The van der Waals surface area contributed by atoms with Crippen molar-refractivity contribution >= 4 is 5.97 Å². The molecule has 0 saturated carbocycles. The molecule has 0 amide bonds. The highest BCUT2D eigenvalue weighted by Gasteiger charge is 2.15. The van der Waals surface area contributed by atoms with Crippen molar-refractivity contribution in [3.8, 4) is 11.4 Å². The smallest absolute Gasteiger partial charge is 0.373 e. The van der Waals surface area contributed by atoms with Gasteiger partial charge in [0.25, 0.3) is 0 Å². The number of carboxylic acids is 1. The summed E-state index contributed by atoms with van der Waals surface area (Å²) in [6.45, 7) is 1.85. The van der Waals surface area contributed by atoms with Gasteiger partial charge < -0.3 is 9.84 Å². The van der Waals surface area contributed by atoms with E-state index in [0.717, 1.165) is 10.2 Å². The zero-order chi connectivity index (χ0) is 13.3. The minimum atomic E-state index is -1.29. The van der Waals surface area contributed by atoms with Crippen LogP contribution in [0.25, 0.3) is 5.69 Å². The van der Waals surface area contributed by atoms with Crippen molar-refractivity contribution in [2.75, 3.05) is 7.11 Å². The quantitative estimate of drug-likeness (QED) is 0.829. The minimum Gasteiger partial charge on any atom is -0.494 e. The van der Waals surface area contributed by atoms with Crippen LogP contribution in [0, 0.1) is 6.92 Å². The molecule has 0 aliphatic carbocycles. The van der Waals surface area contributed by atoms with E-state index in [2.05, 4.69) is 10.1 Å². The van der Waals surface area contributed by atoms with Crippen molar-refractivity contribution in [3.05, 3.63) is 40.1 Å². The number of aromatic amines is 1. The normalized spacial score (nSPS) is 10.3. The highest BCUT2D eigenvalue weighted by atomic mass is 16.5. The highest BCUT2D eigenvalue weighted by Crippen LogP contribution is 2.21. The number of methoxy groups -OCH3 is 1. The van der Waals surface area contributed by atoms with E-state index in [1.54, 1.807) is 12.1 Å². The van der Waals surface area contributed by atoms with Gasteiger partial charge in [-0.2, -0.15) is 4.68 Å². The maximum absolute atomic E-state index is 11.7. The number of H-pyrrole nitrogens is 1. The van der Waals surface area contributed by atoms with Gasteiger partial charge in [0, 0.05) is 0 Å². The number of nitrogens with one attached hydrogen (secondary N) is 1. The molecule has 2 aromatic rings. The molecule has 0 aliphatic rings. The summed E-state index contributed by atoms with van der Waals surface area (Å²) in [4.78, 5) is 24.5. The van der Waals surface area contributed by atoms with Gasteiger partial charge in [0.1, 0.15) is 11.4 Å². The van der Waals surface area contributed by atoms with Gasteiger partial charge in [-0.3, -0.25) is 4.98 Å². The predicted molar refractivity (Wildman–Crippen MR) is 62.4 cm³/mol. The summed E-state index contributed by atoms with van der Waals surface area (Å²) in [5.74, 6) is -1.27. The Labute approximate surface area is 102 Å². The fourth-order valence-electron chi connectivity index (χ4n) is 1.55. The molecule has 1 heterocycles. The lowest BCUT2D eigenvalue weighted by Gasteiger charge is -2.07. The summed E-state index contributed by atoms with van der Waals surface area (Å²) in [5.41, 5.74) is 0.667. The number of benzene rings is 1. The first-order chi connectivity index (χ1) is 8.52. The first-order valence-electron chi connectivity index (χ1n) is 5.10. The molecule has 1 aromatic heterocycles. The van der Waals surface area contributed by atoms with Gasteiger partial charge in [-0.25, -0.2) is 9.59 Å². The van der Waals surface area contributed by atoms with Crippen molar-refractivity contribution in [3.63, 3.8) is 0 Å². The van der Waals surface area contributed by atoms with Crippen molar-refractivity contribution in [1.29, 1.82) is 0 Å². The molecule has 0 bridgehead atoms. The van der Waals surface area contributed by atoms with Gasteiger partial charge in [0.15, 0.2) is 0 Å². The van der Waals surface area contributed by atoms with E-state index in [4.69, 9.17) is 9.84 Å². The first kappa shape index (κ1) is 11.9. The van der Waals surface area contributed by atoms with Crippen LogP contribution in [-0.4, -0.2) is 33.0 Å². The zero-order valence-electron chi connectivity index (χ0n) is 9.80. The number of nitrogens with zero attached hydrogens (tertiary/aromatic N) is 2. The van der Waals surface area contributed by atoms with Crippen LogP contribution < -0.4 is 10.4 Å². The number of hydrogen-bond donors (Lipinski definition) is 2. The molecule has 94 valence electrons. The molecule has 0 unspecified atom stereocenters. The van der Waals surface area contributed by atoms with Crippen LogP contribution in [0.2, 0.25) is 0 Å². The molecule has 0 saturated heterocycles. The molecule has 0 radical (unpaired) electrons. The SMILES string of the molecule is COc1ccc(C)cc1-n1nc(C(=O)O)[nH]c1=O. The Morgan fingerprint density at radius 3 is 2.78 bits per heavy atom. The second kappa shape index (κ2) is 4.36. The van der Waals surface area contributed by atoms with Crippen LogP contribution in [0.3, 0.4) is 0 Å². The third kappa shape index (κ3) is 1.97. The average molecular weight is 249 g/mol. The Hall–Kier alpha value is -2.57. The molecule has 7 heteroatoms. The third-order valence-electron chi connectivity index (χ3n) is 2.38. The molecule has 0 spiro atoms. The topological polar surface area (TPSA) is 97.2 Å². The molecular weight excluding hydrogens is 238 g/mol. The van der Waals surface area contributed by atoms with Crippen LogP contribution in [0.4, 0.5) is 0 Å². The summed E-state index contributed by atoms with van der Waals surface area (Å²) >= 11 is 0. The number of rotatable bonds is 3. The van der Waals surface area contributed by atoms with E-state index in [1.807, 2.05) is 13.0 Å². The van der Waals surface area contributed by atoms with Gasteiger partial charge in [0.2, 0.25) is 5.82 Å². The zero-order valence-corrected chi connectivity index (χ0v) is 9.80. The van der Waals surface area contributed by atoms with Gasteiger partial charge in [-0.05, 0) is 24.6 Å². The molecule has 2 N–H and O–H groups in total. The summed E-state index contributed by atoms with van der Waals surface area (Å²) in [6.07, 6.45) is 0. The summed E-state index contributed by atoms with van der Waals surface area (Å²) in [6, 6.07) is 5.19. The van der Waals surface area contributed by atoms with Gasteiger partial charge in [0.05, 0.1) is 7.11 Å². The maximum Gasteiger partial charge on any atom is 0.373 e. The number of ether oxygens (including phenoxy) is 1. The Balaban J connectivity index is 2.64. The molecule has 18 heavy (non-hydrogen) atoms. The molecule has 0 aliphatic heterocycles. The summed E-state index contributed by atoms with van der Waals surface area (Å²) in [5, 5.41) is 12.5. The van der Waals surface area contributed by atoms with Crippen molar-refractivity contribution in [2.24, 2.45) is 0 Å². The van der Waals surface area contributed by atoms with Gasteiger partial charge >= 0.3 is 11.7 Å². The molecule has 0 fully saturated rings. The van der Waals surface area contributed by atoms with Crippen LogP contribution >= 0.6 is 0 Å². The molecule has 0 atom stereocenters. The van der Waals surface area contributed by atoms with E-state index in [9.17, 15) is 9.59 Å². The van der Waals surface area contributed by atoms with Gasteiger partial charge in [-0.15, -0.1) is 5.10 Å². The van der Waals surface area contributed by atoms with Crippen LogP contribution in [0.15, 0.2) is 23.0 Å². The van der Waals surface area contributed by atoms with Crippen molar-refractivity contribution in [2.45, 2.75) is 6.92 Å². The monoisotopic (exact) mass is 249 g/mol. The Kier molecular flexibility index (Phi) is 2.88. The van der Waals surface area contributed by atoms with Gasteiger partial charge in [-0.1, -0.05) is 6.07 Å². The second-order valence-electron chi connectivity index (χ2n) is 3.67. The summed E-state index contributed by atoms with van der Waals surface area (Å²) < 4.78 is 6.09. The lowest BCUT2D eigenvalue weighted by atomic mass is 10.2. The van der Waals surface area contributed by atoms with E-state index >= 15 is 0 Å². The fourth-order valence-corrected chi connectivity index (χ4v) is 1.55.